The molecule has 0 atom stereocenters. The molecule has 4 nitrogen and oxygen atoms in total. The summed E-state index contributed by atoms with van der Waals surface area (Å²) in [5.74, 6) is 0.654. The molecule has 2 rings (SSSR count). The topological polar surface area (TPSA) is 62.1 Å². The maximum Gasteiger partial charge on any atom is 0.228 e. The Morgan fingerprint density at radius 2 is 2.13 bits per heavy atom. The smallest absolute Gasteiger partial charge is 0.228 e. The largest absolute Gasteiger partial charge is 0.493 e. The lowest BCUT2D eigenvalue weighted by Crippen LogP contribution is -2.15. The minimum atomic E-state index is -0.143. The number of carbonyl (C=O) groups is 1. The van der Waals surface area contributed by atoms with Gasteiger partial charge in [-0.05, 0) is 38.0 Å². The average Bonchev–Trinajstić information content (AvgIpc) is 2.91. The molecule has 0 spiro atoms. The molecule has 1 heterocycles. The minimum absolute atomic E-state index is 0.143. The molecule has 1 N–H and O–H groups in total. The van der Waals surface area contributed by atoms with Gasteiger partial charge in [0, 0.05) is 4.88 Å². The van der Waals surface area contributed by atoms with Crippen LogP contribution in [0, 0.1) is 25.2 Å². The second kappa shape index (κ2) is 7.80. The van der Waals surface area contributed by atoms with Gasteiger partial charge in [0.2, 0.25) is 5.91 Å². The summed E-state index contributed by atoms with van der Waals surface area (Å²) in [6.07, 6.45) is 1.10. The highest BCUT2D eigenvalue weighted by Crippen LogP contribution is 2.28. The zero-order chi connectivity index (χ0) is 16.8. The van der Waals surface area contributed by atoms with E-state index in [1.54, 1.807) is 0 Å². The van der Waals surface area contributed by atoms with Gasteiger partial charge in [-0.2, -0.15) is 5.26 Å². The van der Waals surface area contributed by atoms with E-state index in [0.717, 1.165) is 22.6 Å². The van der Waals surface area contributed by atoms with Crippen molar-refractivity contribution in [2.45, 2.75) is 33.6 Å². The number of nitriles is 1. The number of carbonyl (C=O) groups excluding carboxylic acids is 1. The summed E-state index contributed by atoms with van der Waals surface area (Å²) in [6, 6.07) is 9.89. The SMILES string of the molecule is CCc1cc(C#N)c(NC(=O)CCOc2ccc(C)cc2C)s1. The Kier molecular flexibility index (Phi) is 5.78. The molecule has 1 aromatic carbocycles. The molecule has 5 heteroatoms. The summed E-state index contributed by atoms with van der Waals surface area (Å²) in [5.41, 5.74) is 2.76. The van der Waals surface area contributed by atoms with E-state index in [1.165, 1.54) is 16.9 Å². The van der Waals surface area contributed by atoms with Gasteiger partial charge in [-0.3, -0.25) is 4.79 Å². The van der Waals surface area contributed by atoms with E-state index in [2.05, 4.69) is 11.4 Å². The Balaban J connectivity index is 1.88. The molecule has 0 bridgehead atoms. The molecule has 0 aliphatic heterocycles. The van der Waals surface area contributed by atoms with Crippen LogP contribution >= 0.6 is 11.3 Å². The quantitative estimate of drug-likeness (QED) is 0.864. The van der Waals surface area contributed by atoms with Crippen LogP contribution in [-0.2, 0) is 11.2 Å². The predicted molar refractivity (Wildman–Crippen MR) is 93.1 cm³/mol. The van der Waals surface area contributed by atoms with Crippen molar-refractivity contribution >= 4 is 22.2 Å². The third kappa shape index (κ3) is 4.57. The molecule has 0 fully saturated rings. The first kappa shape index (κ1) is 17.0. The first-order valence-electron chi connectivity index (χ1n) is 7.56. The number of thiophene rings is 1. The van der Waals surface area contributed by atoms with Crippen LogP contribution in [0.5, 0.6) is 5.75 Å². The molecule has 0 saturated heterocycles. The van der Waals surface area contributed by atoms with Crippen molar-refractivity contribution in [1.82, 2.24) is 0 Å². The van der Waals surface area contributed by atoms with Gasteiger partial charge in [0.1, 0.15) is 16.8 Å². The highest BCUT2D eigenvalue weighted by molar-refractivity contribution is 7.16. The maximum atomic E-state index is 12.0. The lowest BCUT2D eigenvalue weighted by atomic mass is 10.1. The predicted octanol–water partition coefficient (Wildman–Crippen LogP) is 4.21. The number of nitrogens with zero attached hydrogens (tertiary/aromatic N) is 1. The van der Waals surface area contributed by atoms with E-state index in [1.807, 2.05) is 45.0 Å². The number of hydrogen-bond acceptors (Lipinski definition) is 4. The number of hydrogen-bond donors (Lipinski definition) is 1. The summed E-state index contributed by atoms with van der Waals surface area (Å²) in [7, 11) is 0. The lowest BCUT2D eigenvalue weighted by molar-refractivity contribution is -0.116. The van der Waals surface area contributed by atoms with Gasteiger partial charge >= 0.3 is 0 Å². The normalized spacial score (nSPS) is 10.2. The Hall–Kier alpha value is -2.32. The Labute approximate surface area is 140 Å². The van der Waals surface area contributed by atoms with E-state index in [0.29, 0.717) is 17.2 Å². The third-order valence-corrected chi connectivity index (χ3v) is 4.62. The third-order valence-electron chi connectivity index (χ3n) is 3.42. The summed E-state index contributed by atoms with van der Waals surface area (Å²) in [5, 5.41) is 12.5. The van der Waals surface area contributed by atoms with Crippen LogP contribution in [0.1, 0.15) is 34.9 Å². The molecule has 23 heavy (non-hydrogen) atoms. The average molecular weight is 328 g/mol. The molecule has 0 aliphatic rings. The summed E-state index contributed by atoms with van der Waals surface area (Å²) in [4.78, 5) is 13.1. The first-order chi connectivity index (χ1) is 11.0. The number of amides is 1. The van der Waals surface area contributed by atoms with Gasteiger partial charge in [-0.1, -0.05) is 24.6 Å². The van der Waals surface area contributed by atoms with Crippen LogP contribution in [0.3, 0.4) is 0 Å². The summed E-state index contributed by atoms with van der Waals surface area (Å²) >= 11 is 1.45. The van der Waals surface area contributed by atoms with Crippen LogP contribution in [0.15, 0.2) is 24.3 Å². The van der Waals surface area contributed by atoms with E-state index < -0.39 is 0 Å². The van der Waals surface area contributed by atoms with Gasteiger partial charge < -0.3 is 10.1 Å². The van der Waals surface area contributed by atoms with Crippen LogP contribution in [0.25, 0.3) is 0 Å². The van der Waals surface area contributed by atoms with Crippen molar-refractivity contribution < 1.29 is 9.53 Å². The fourth-order valence-electron chi connectivity index (χ4n) is 2.20. The highest BCUT2D eigenvalue weighted by Gasteiger charge is 2.11. The fourth-order valence-corrected chi connectivity index (χ4v) is 3.16. The van der Waals surface area contributed by atoms with E-state index >= 15 is 0 Å². The van der Waals surface area contributed by atoms with Gasteiger partial charge in [0.05, 0.1) is 18.6 Å². The van der Waals surface area contributed by atoms with Gasteiger partial charge in [-0.15, -0.1) is 11.3 Å². The van der Waals surface area contributed by atoms with Crippen LogP contribution < -0.4 is 10.1 Å². The maximum absolute atomic E-state index is 12.0. The van der Waals surface area contributed by atoms with E-state index in [4.69, 9.17) is 10.00 Å². The van der Waals surface area contributed by atoms with E-state index in [-0.39, 0.29) is 12.3 Å². The van der Waals surface area contributed by atoms with Gasteiger partial charge in [-0.25, -0.2) is 0 Å². The minimum Gasteiger partial charge on any atom is -0.493 e. The van der Waals surface area contributed by atoms with Crippen molar-refractivity contribution in [3.63, 3.8) is 0 Å². The number of aryl methyl sites for hydroxylation is 3. The molecule has 0 unspecified atom stereocenters. The standard InChI is InChI=1S/C18H20N2O2S/c1-4-15-10-14(11-19)18(23-15)20-17(21)7-8-22-16-6-5-12(2)9-13(16)3/h5-6,9-10H,4,7-8H2,1-3H3,(H,20,21). The molecule has 0 saturated carbocycles. The molecular weight excluding hydrogens is 308 g/mol. The molecule has 1 aromatic heterocycles. The number of ether oxygens (including phenoxy) is 1. The van der Waals surface area contributed by atoms with Crippen molar-refractivity contribution in [1.29, 1.82) is 5.26 Å². The first-order valence-corrected chi connectivity index (χ1v) is 8.37. The van der Waals surface area contributed by atoms with Crippen molar-refractivity contribution in [2.75, 3.05) is 11.9 Å². The van der Waals surface area contributed by atoms with Crippen LogP contribution in [0.2, 0.25) is 0 Å². The van der Waals surface area contributed by atoms with Crippen LogP contribution in [-0.4, -0.2) is 12.5 Å². The Morgan fingerprint density at radius 1 is 1.35 bits per heavy atom. The number of anilines is 1. The summed E-state index contributed by atoms with van der Waals surface area (Å²) in [6.45, 7) is 6.35. The molecule has 2 aromatic rings. The molecule has 0 aliphatic carbocycles. The van der Waals surface area contributed by atoms with Crippen LogP contribution in [0.4, 0.5) is 5.00 Å². The fraction of sp³-hybridized carbons (Fsp3) is 0.333. The second-order valence-corrected chi connectivity index (χ2v) is 6.47. The van der Waals surface area contributed by atoms with Gasteiger partial charge in [0.15, 0.2) is 0 Å². The second-order valence-electron chi connectivity index (χ2n) is 5.34. The molecule has 0 radical (unpaired) electrons. The number of rotatable bonds is 6. The van der Waals surface area contributed by atoms with Crippen molar-refractivity contribution in [3.05, 3.63) is 45.8 Å². The Bertz CT molecular complexity index is 744. The highest BCUT2D eigenvalue weighted by atomic mass is 32.1. The number of nitrogens with one attached hydrogen (secondary N) is 1. The molecular formula is C18H20N2O2S. The van der Waals surface area contributed by atoms with Gasteiger partial charge in [0.25, 0.3) is 0 Å². The monoisotopic (exact) mass is 328 g/mol. The molecule has 120 valence electrons. The van der Waals surface area contributed by atoms with E-state index in [9.17, 15) is 4.79 Å². The molecule has 1 amide bonds. The zero-order valence-electron chi connectivity index (χ0n) is 13.6. The number of benzene rings is 1. The zero-order valence-corrected chi connectivity index (χ0v) is 14.4. The van der Waals surface area contributed by atoms with Crippen molar-refractivity contribution in [2.24, 2.45) is 0 Å². The lowest BCUT2D eigenvalue weighted by Gasteiger charge is -2.09. The summed E-state index contributed by atoms with van der Waals surface area (Å²) < 4.78 is 5.66. The van der Waals surface area contributed by atoms with Crippen molar-refractivity contribution in [3.8, 4) is 11.8 Å². The Morgan fingerprint density at radius 3 is 2.78 bits per heavy atom.